The van der Waals surface area contributed by atoms with Gasteiger partial charge in [-0.1, -0.05) is 48.5 Å². The second kappa shape index (κ2) is 9.03. The number of carbonyl (C=O) groups is 1. The molecule has 0 saturated carbocycles. The first-order valence-corrected chi connectivity index (χ1v) is 11.8. The van der Waals surface area contributed by atoms with Gasteiger partial charge in [0.1, 0.15) is 11.9 Å². The van der Waals surface area contributed by atoms with Crippen LogP contribution in [0.4, 0.5) is 0 Å². The minimum atomic E-state index is -3.53. The monoisotopic (exact) mass is 438 g/mol. The summed E-state index contributed by atoms with van der Waals surface area (Å²) in [6.07, 6.45) is 4.54. The Morgan fingerprint density at radius 1 is 1.03 bits per heavy atom. The van der Waals surface area contributed by atoms with Crippen LogP contribution in [-0.4, -0.2) is 41.3 Å². The Balaban J connectivity index is 1.45. The molecule has 2 heterocycles. The molecule has 0 aliphatic carbocycles. The topological polar surface area (TPSA) is 84.3 Å². The fraction of sp³-hybridized carbons (Fsp3) is 0.304. The first-order chi connectivity index (χ1) is 15.0. The van der Waals surface area contributed by atoms with Crippen molar-refractivity contribution in [2.24, 2.45) is 13.0 Å². The molecule has 1 unspecified atom stereocenters. The summed E-state index contributed by atoms with van der Waals surface area (Å²) in [5, 5.41) is 3.14. The summed E-state index contributed by atoms with van der Waals surface area (Å²) in [6, 6.07) is 17.8. The van der Waals surface area contributed by atoms with Crippen LogP contribution in [-0.2, 0) is 21.9 Å². The maximum Gasteiger partial charge on any atom is 0.243 e. The van der Waals surface area contributed by atoms with Crippen LogP contribution in [0.1, 0.15) is 30.3 Å². The average Bonchev–Trinajstić information content (AvgIpc) is 3.24. The van der Waals surface area contributed by atoms with E-state index in [0.717, 1.165) is 11.4 Å². The number of nitrogens with zero attached hydrogens (tertiary/aromatic N) is 3. The van der Waals surface area contributed by atoms with E-state index in [-0.39, 0.29) is 22.8 Å². The molecule has 1 aromatic heterocycles. The fourth-order valence-electron chi connectivity index (χ4n) is 3.96. The smallest absolute Gasteiger partial charge is 0.243 e. The van der Waals surface area contributed by atoms with E-state index in [0.29, 0.717) is 25.9 Å². The van der Waals surface area contributed by atoms with Gasteiger partial charge in [0.05, 0.1) is 4.90 Å². The van der Waals surface area contributed by atoms with E-state index < -0.39 is 10.0 Å². The molecule has 31 heavy (non-hydrogen) atoms. The molecule has 1 fully saturated rings. The number of aryl methyl sites for hydroxylation is 1. The van der Waals surface area contributed by atoms with Crippen molar-refractivity contribution in [3.8, 4) is 0 Å². The highest BCUT2D eigenvalue weighted by Crippen LogP contribution is 2.26. The predicted molar refractivity (Wildman–Crippen MR) is 118 cm³/mol. The van der Waals surface area contributed by atoms with Gasteiger partial charge < -0.3 is 9.88 Å². The van der Waals surface area contributed by atoms with Crippen LogP contribution in [0.15, 0.2) is 78.0 Å². The standard InChI is InChI=1S/C23H26N4O3S/c1-26-17-14-24-22(26)21(18-8-4-2-5-9-18)25-23(28)19-12-15-27(16-13-19)31(29,30)20-10-6-3-7-11-20/h2-11,14,17,19,21H,12-13,15-16H2,1H3,(H,25,28). The Bertz CT molecular complexity index is 1120. The van der Waals surface area contributed by atoms with Gasteiger partial charge in [-0.15, -0.1) is 0 Å². The lowest BCUT2D eigenvalue weighted by molar-refractivity contribution is -0.126. The van der Waals surface area contributed by atoms with Crippen LogP contribution in [0.25, 0.3) is 0 Å². The van der Waals surface area contributed by atoms with Crippen molar-refractivity contribution in [1.29, 1.82) is 0 Å². The van der Waals surface area contributed by atoms with E-state index in [1.165, 1.54) is 4.31 Å². The number of nitrogens with one attached hydrogen (secondary N) is 1. The van der Waals surface area contributed by atoms with Crippen molar-refractivity contribution < 1.29 is 13.2 Å². The lowest BCUT2D eigenvalue weighted by Gasteiger charge is -2.31. The third-order valence-corrected chi connectivity index (χ3v) is 7.65. The molecular formula is C23H26N4O3S. The molecule has 1 atom stereocenters. The van der Waals surface area contributed by atoms with E-state index in [1.807, 2.05) is 48.1 Å². The van der Waals surface area contributed by atoms with Crippen molar-refractivity contribution >= 4 is 15.9 Å². The summed E-state index contributed by atoms with van der Waals surface area (Å²) in [7, 11) is -1.63. The number of hydrogen-bond donors (Lipinski definition) is 1. The van der Waals surface area contributed by atoms with Crippen LogP contribution in [0, 0.1) is 5.92 Å². The highest BCUT2D eigenvalue weighted by atomic mass is 32.2. The average molecular weight is 439 g/mol. The van der Waals surface area contributed by atoms with Gasteiger partial charge in [-0.25, -0.2) is 13.4 Å². The number of benzene rings is 2. The number of rotatable bonds is 6. The molecule has 1 amide bonds. The number of hydrogen-bond acceptors (Lipinski definition) is 4. The second-order valence-corrected chi connectivity index (χ2v) is 9.68. The molecule has 1 aliphatic heterocycles. The lowest BCUT2D eigenvalue weighted by Crippen LogP contribution is -2.44. The largest absolute Gasteiger partial charge is 0.342 e. The van der Waals surface area contributed by atoms with Crippen molar-refractivity contribution in [1.82, 2.24) is 19.2 Å². The van der Waals surface area contributed by atoms with Gasteiger partial charge in [-0.05, 0) is 30.5 Å². The minimum absolute atomic E-state index is 0.0754. The third kappa shape index (κ3) is 4.55. The summed E-state index contributed by atoms with van der Waals surface area (Å²) in [5.74, 6) is 0.436. The molecule has 0 spiro atoms. The number of carbonyl (C=O) groups excluding carboxylic acids is 1. The Hall–Kier alpha value is -2.97. The second-order valence-electron chi connectivity index (χ2n) is 7.74. The minimum Gasteiger partial charge on any atom is -0.342 e. The van der Waals surface area contributed by atoms with Gasteiger partial charge >= 0.3 is 0 Å². The first kappa shape index (κ1) is 21.3. The molecule has 1 aliphatic rings. The lowest BCUT2D eigenvalue weighted by atomic mass is 9.96. The number of sulfonamides is 1. The van der Waals surface area contributed by atoms with Crippen molar-refractivity contribution in [3.05, 3.63) is 84.4 Å². The molecule has 0 bridgehead atoms. The highest BCUT2D eigenvalue weighted by molar-refractivity contribution is 7.89. The van der Waals surface area contributed by atoms with Crippen molar-refractivity contribution in [3.63, 3.8) is 0 Å². The fourth-order valence-corrected chi connectivity index (χ4v) is 5.45. The predicted octanol–water partition coefficient (Wildman–Crippen LogP) is 2.73. The number of amides is 1. The van der Waals surface area contributed by atoms with E-state index in [1.54, 1.807) is 36.5 Å². The molecule has 162 valence electrons. The Kier molecular flexibility index (Phi) is 6.20. The molecule has 3 aromatic rings. The van der Waals surface area contributed by atoms with E-state index in [9.17, 15) is 13.2 Å². The van der Waals surface area contributed by atoms with Gasteiger partial charge in [0, 0.05) is 38.4 Å². The van der Waals surface area contributed by atoms with Gasteiger partial charge in [-0.3, -0.25) is 4.79 Å². The molecule has 1 N–H and O–H groups in total. The maximum atomic E-state index is 13.1. The Labute approximate surface area is 182 Å². The van der Waals surface area contributed by atoms with Crippen LogP contribution in [0.5, 0.6) is 0 Å². The van der Waals surface area contributed by atoms with E-state index in [4.69, 9.17) is 0 Å². The maximum absolute atomic E-state index is 13.1. The molecule has 2 aromatic carbocycles. The van der Waals surface area contributed by atoms with Crippen LogP contribution >= 0.6 is 0 Å². The van der Waals surface area contributed by atoms with Gasteiger partial charge in [-0.2, -0.15) is 4.31 Å². The Morgan fingerprint density at radius 3 is 2.23 bits per heavy atom. The first-order valence-electron chi connectivity index (χ1n) is 10.3. The normalized spacial score (nSPS) is 16.7. The molecular weight excluding hydrogens is 412 g/mol. The zero-order chi connectivity index (χ0) is 21.8. The van der Waals surface area contributed by atoms with Gasteiger partial charge in [0.15, 0.2) is 0 Å². The van der Waals surface area contributed by atoms with E-state index in [2.05, 4.69) is 10.3 Å². The molecule has 0 radical (unpaired) electrons. The van der Waals surface area contributed by atoms with E-state index >= 15 is 0 Å². The van der Waals surface area contributed by atoms with Crippen LogP contribution in [0.2, 0.25) is 0 Å². The van der Waals surface area contributed by atoms with Crippen molar-refractivity contribution in [2.75, 3.05) is 13.1 Å². The number of aromatic nitrogens is 2. The summed E-state index contributed by atoms with van der Waals surface area (Å²) in [5.41, 5.74) is 0.953. The van der Waals surface area contributed by atoms with Crippen LogP contribution < -0.4 is 5.32 Å². The van der Waals surface area contributed by atoms with Crippen LogP contribution in [0.3, 0.4) is 0 Å². The molecule has 1 saturated heterocycles. The number of piperidine rings is 1. The summed E-state index contributed by atoms with van der Waals surface area (Å²) in [6.45, 7) is 0.654. The van der Waals surface area contributed by atoms with Gasteiger partial charge in [0.25, 0.3) is 0 Å². The summed E-state index contributed by atoms with van der Waals surface area (Å²) >= 11 is 0. The zero-order valence-corrected chi connectivity index (χ0v) is 18.2. The summed E-state index contributed by atoms with van der Waals surface area (Å²) in [4.78, 5) is 17.8. The number of imidazole rings is 1. The molecule has 7 nitrogen and oxygen atoms in total. The van der Waals surface area contributed by atoms with Gasteiger partial charge in [0.2, 0.25) is 15.9 Å². The zero-order valence-electron chi connectivity index (χ0n) is 17.4. The third-order valence-electron chi connectivity index (χ3n) is 5.74. The van der Waals surface area contributed by atoms with Crippen molar-refractivity contribution in [2.45, 2.75) is 23.8 Å². The quantitative estimate of drug-likeness (QED) is 0.641. The SMILES string of the molecule is Cn1ccnc1C(NC(=O)C1CCN(S(=O)(=O)c2ccccc2)CC1)c1ccccc1. The molecule has 8 heteroatoms. The highest BCUT2D eigenvalue weighted by Gasteiger charge is 2.33. The molecule has 4 rings (SSSR count). The summed E-state index contributed by atoms with van der Waals surface area (Å²) < 4.78 is 29.0. The Morgan fingerprint density at radius 2 is 1.65 bits per heavy atom.